The Morgan fingerprint density at radius 1 is 1.38 bits per heavy atom. The molecule has 0 aliphatic carbocycles. The standard InChI is InChI=1S/C18H17N3O3/c1-9(2)15-14(10(3)22)18(12(8-19)16(20)24-15)11-6-4-5-7-13(11)21-17(18)23/h4-7,9H,20H2,1-3H3,(H,21,23). The molecule has 2 aliphatic rings. The maximum Gasteiger partial charge on any atom is 0.245 e. The van der Waals surface area contributed by atoms with Crippen molar-refractivity contribution in [3.63, 3.8) is 0 Å². The Morgan fingerprint density at radius 3 is 2.62 bits per heavy atom. The number of para-hydroxylation sites is 1. The number of anilines is 1. The van der Waals surface area contributed by atoms with E-state index in [1.165, 1.54) is 6.92 Å². The molecule has 0 saturated carbocycles. The fraction of sp³-hybridized carbons (Fsp3) is 0.278. The number of Topliss-reactive ketones (excluding diaryl/α,β-unsaturated/α-hetero) is 1. The van der Waals surface area contributed by atoms with Crippen molar-refractivity contribution in [2.45, 2.75) is 26.2 Å². The van der Waals surface area contributed by atoms with Crippen LogP contribution in [0.1, 0.15) is 26.3 Å². The van der Waals surface area contributed by atoms with Crippen molar-refractivity contribution in [1.82, 2.24) is 0 Å². The molecule has 1 aromatic rings. The summed E-state index contributed by atoms with van der Waals surface area (Å²) in [5.74, 6) is -0.787. The predicted octanol–water partition coefficient (Wildman–Crippen LogP) is 2.10. The molecule has 1 unspecified atom stereocenters. The molecule has 0 aromatic heterocycles. The monoisotopic (exact) mass is 323 g/mol. The normalized spacial score (nSPS) is 22.4. The van der Waals surface area contributed by atoms with Gasteiger partial charge in [-0.1, -0.05) is 32.0 Å². The number of ketones is 1. The Hall–Kier alpha value is -3.07. The van der Waals surface area contributed by atoms with Crippen LogP contribution in [0.5, 0.6) is 0 Å². The smallest absolute Gasteiger partial charge is 0.245 e. The van der Waals surface area contributed by atoms with Crippen molar-refractivity contribution in [3.8, 4) is 6.07 Å². The van der Waals surface area contributed by atoms with Crippen molar-refractivity contribution in [1.29, 1.82) is 5.26 Å². The molecule has 1 atom stereocenters. The topological polar surface area (TPSA) is 105 Å². The van der Waals surface area contributed by atoms with Gasteiger partial charge in [0.2, 0.25) is 11.8 Å². The number of hydrogen-bond acceptors (Lipinski definition) is 5. The van der Waals surface area contributed by atoms with Crippen molar-refractivity contribution in [2.75, 3.05) is 5.32 Å². The van der Waals surface area contributed by atoms with Crippen LogP contribution in [0.3, 0.4) is 0 Å². The zero-order chi connectivity index (χ0) is 17.6. The zero-order valence-corrected chi connectivity index (χ0v) is 13.6. The first-order chi connectivity index (χ1) is 11.4. The Bertz CT molecular complexity index is 874. The van der Waals surface area contributed by atoms with Gasteiger partial charge in [0.05, 0.1) is 5.57 Å². The molecule has 1 spiro atoms. The van der Waals surface area contributed by atoms with Crippen molar-refractivity contribution >= 4 is 17.4 Å². The summed E-state index contributed by atoms with van der Waals surface area (Å²) in [6, 6.07) is 8.98. The van der Waals surface area contributed by atoms with Gasteiger partial charge in [0.1, 0.15) is 22.8 Å². The molecule has 2 heterocycles. The minimum atomic E-state index is -1.56. The number of nitrogens with two attached hydrogens (primary N) is 1. The number of nitrogens with zero attached hydrogens (tertiary/aromatic N) is 1. The molecular weight excluding hydrogens is 306 g/mol. The van der Waals surface area contributed by atoms with Crippen LogP contribution in [0, 0.1) is 17.2 Å². The van der Waals surface area contributed by atoms with Gasteiger partial charge in [-0.05, 0) is 13.0 Å². The Morgan fingerprint density at radius 2 is 2.04 bits per heavy atom. The third kappa shape index (κ3) is 1.81. The lowest BCUT2D eigenvalue weighted by molar-refractivity contribution is -0.122. The van der Waals surface area contributed by atoms with E-state index < -0.39 is 11.3 Å². The molecule has 122 valence electrons. The molecule has 6 heteroatoms. The predicted molar refractivity (Wildman–Crippen MR) is 87.2 cm³/mol. The fourth-order valence-corrected chi connectivity index (χ4v) is 3.45. The van der Waals surface area contributed by atoms with Crippen LogP contribution < -0.4 is 11.1 Å². The van der Waals surface area contributed by atoms with E-state index >= 15 is 0 Å². The first kappa shape index (κ1) is 15.8. The summed E-state index contributed by atoms with van der Waals surface area (Å²) in [7, 11) is 0. The van der Waals surface area contributed by atoms with Crippen LogP contribution in [0.25, 0.3) is 0 Å². The number of nitriles is 1. The molecule has 1 amide bonds. The summed E-state index contributed by atoms with van der Waals surface area (Å²) >= 11 is 0. The van der Waals surface area contributed by atoms with Gasteiger partial charge in [0.25, 0.3) is 0 Å². The quantitative estimate of drug-likeness (QED) is 0.867. The number of hydrogen-bond donors (Lipinski definition) is 2. The summed E-state index contributed by atoms with van der Waals surface area (Å²) in [5.41, 5.74) is 5.63. The van der Waals surface area contributed by atoms with Gasteiger partial charge in [-0.15, -0.1) is 0 Å². The van der Waals surface area contributed by atoms with Crippen LogP contribution in [-0.2, 0) is 19.7 Å². The molecule has 3 rings (SSSR count). The zero-order valence-electron chi connectivity index (χ0n) is 13.6. The lowest BCUT2D eigenvalue weighted by atomic mass is 9.66. The van der Waals surface area contributed by atoms with Gasteiger partial charge in [-0.3, -0.25) is 9.59 Å². The highest BCUT2D eigenvalue weighted by atomic mass is 16.5. The van der Waals surface area contributed by atoms with E-state index in [2.05, 4.69) is 5.32 Å². The van der Waals surface area contributed by atoms with Crippen LogP contribution in [0.15, 0.2) is 47.1 Å². The van der Waals surface area contributed by atoms with E-state index in [0.717, 1.165) is 0 Å². The van der Waals surface area contributed by atoms with Crippen LogP contribution in [0.4, 0.5) is 5.69 Å². The van der Waals surface area contributed by atoms with Gasteiger partial charge < -0.3 is 15.8 Å². The summed E-state index contributed by atoms with van der Waals surface area (Å²) in [6.07, 6.45) is 0. The summed E-state index contributed by atoms with van der Waals surface area (Å²) < 4.78 is 5.59. The van der Waals surface area contributed by atoms with Crippen LogP contribution in [0.2, 0.25) is 0 Å². The second-order valence-electron chi connectivity index (χ2n) is 6.15. The minimum absolute atomic E-state index is 0.0560. The van der Waals surface area contributed by atoms with E-state index in [1.54, 1.807) is 24.3 Å². The lowest BCUT2D eigenvalue weighted by Crippen LogP contribution is -2.45. The molecular formula is C18H17N3O3. The molecule has 24 heavy (non-hydrogen) atoms. The van der Waals surface area contributed by atoms with Gasteiger partial charge in [-0.25, -0.2) is 0 Å². The number of ether oxygens (including phenoxy) is 1. The number of benzene rings is 1. The molecule has 2 aliphatic heterocycles. The summed E-state index contributed by atoms with van der Waals surface area (Å²) in [6.45, 7) is 5.05. The molecule has 0 radical (unpaired) electrons. The second kappa shape index (κ2) is 5.24. The molecule has 3 N–H and O–H groups in total. The molecule has 0 saturated heterocycles. The third-order valence-electron chi connectivity index (χ3n) is 4.37. The maximum atomic E-state index is 13.0. The van der Waals surface area contributed by atoms with Gasteiger partial charge in [-0.2, -0.15) is 5.26 Å². The van der Waals surface area contributed by atoms with Crippen LogP contribution >= 0.6 is 0 Å². The maximum absolute atomic E-state index is 13.0. The largest absolute Gasteiger partial charge is 0.444 e. The number of carbonyl (C=O) groups is 2. The van der Waals surface area contributed by atoms with Crippen molar-refractivity contribution < 1.29 is 14.3 Å². The average Bonchev–Trinajstić information content (AvgIpc) is 2.80. The van der Waals surface area contributed by atoms with Gasteiger partial charge in [0, 0.05) is 17.2 Å². The number of allylic oxidation sites excluding steroid dienone is 1. The minimum Gasteiger partial charge on any atom is -0.444 e. The first-order valence-corrected chi connectivity index (χ1v) is 7.60. The highest BCUT2D eigenvalue weighted by molar-refractivity contribution is 6.18. The van der Waals surface area contributed by atoms with Gasteiger partial charge >= 0.3 is 0 Å². The fourth-order valence-electron chi connectivity index (χ4n) is 3.45. The van der Waals surface area contributed by atoms with E-state index in [-0.39, 0.29) is 28.7 Å². The van der Waals surface area contributed by atoms with E-state index in [0.29, 0.717) is 17.0 Å². The number of rotatable bonds is 2. The third-order valence-corrected chi connectivity index (χ3v) is 4.37. The Labute approximate surface area is 139 Å². The summed E-state index contributed by atoms with van der Waals surface area (Å²) in [4.78, 5) is 25.5. The summed E-state index contributed by atoms with van der Waals surface area (Å²) in [5, 5.41) is 12.4. The van der Waals surface area contributed by atoms with E-state index in [1.807, 2.05) is 19.9 Å². The first-order valence-electron chi connectivity index (χ1n) is 7.60. The number of nitrogens with one attached hydrogen (secondary N) is 1. The Balaban J connectivity index is 2.49. The molecule has 0 fully saturated rings. The Kier molecular flexibility index (Phi) is 3.45. The van der Waals surface area contributed by atoms with Crippen LogP contribution in [-0.4, -0.2) is 11.7 Å². The number of fused-ring (bicyclic) bond motifs is 2. The number of carbonyl (C=O) groups excluding carboxylic acids is 2. The van der Waals surface area contributed by atoms with Crippen molar-refractivity contribution in [3.05, 3.63) is 52.6 Å². The van der Waals surface area contributed by atoms with E-state index in [4.69, 9.17) is 10.5 Å². The molecule has 1 aromatic carbocycles. The van der Waals surface area contributed by atoms with Gasteiger partial charge in [0.15, 0.2) is 5.78 Å². The van der Waals surface area contributed by atoms with Crippen molar-refractivity contribution in [2.24, 2.45) is 11.7 Å². The second-order valence-corrected chi connectivity index (χ2v) is 6.15. The number of amides is 1. The molecule has 6 nitrogen and oxygen atoms in total. The molecule has 0 bridgehead atoms. The highest BCUT2D eigenvalue weighted by Crippen LogP contribution is 2.52. The SMILES string of the molecule is CC(=O)C1=C(C(C)C)OC(N)=C(C#N)C12C(=O)Nc1ccccc12. The van der Waals surface area contributed by atoms with E-state index in [9.17, 15) is 14.9 Å². The average molecular weight is 323 g/mol. The highest BCUT2D eigenvalue weighted by Gasteiger charge is 2.58. The lowest BCUT2D eigenvalue weighted by Gasteiger charge is -2.35.